The zero-order valence-corrected chi connectivity index (χ0v) is 10.6. The van der Waals surface area contributed by atoms with Crippen LogP contribution in [0.25, 0.3) is 0 Å². The maximum absolute atomic E-state index is 11.9. The summed E-state index contributed by atoms with van der Waals surface area (Å²) in [6.07, 6.45) is 0. The van der Waals surface area contributed by atoms with E-state index in [0.717, 1.165) is 11.3 Å². The molecule has 1 amide bonds. The lowest BCUT2D eigenvalue weighted by atomic mass is 10.3. The van der Waals surface area contributed by atoms with Gasteiger partial charge in [0.05, 0.1) is 12.0 Å². The number of aromatic nitrogens is 2. The monoisotopic (exact) mass is 251 g/mol. The zero-order valence-electron chi connectivity index (χ0n) is 9.83. The fourth-order valence-corrected chi connectivity index (χ4v) is 2.07. The van der Waals surface area contributed by atoms with Crippen LogP contribution in [0.3, 0.4) is 0 Å². The Hall–Kier alpha value is -1.82. The number of aromatic amines is 1. The number of anilines is 1. The normalized spacial score (nSPS) is 10.3. The van der Waals surface area contributed by atoms with Gasteiger partial charge in [-0.05, 0) is 13.8 Å². The highest BCUT2D eigenvalue weighted by atomic mass is 32.1. The van der Waals surface area contributed by atoms with Gasteiger partial charge in [0.25, 0.3) is 5.91 Å². The molecule has 0 saturated carbocycles. The van der Waals surface area contributed by atoms with E-state index in [0.29, 0.717) is 16.4 Å². The second-order valence-electron chi connectivity index (χ2n) is 3.63. The molecule has 0 unspecified atom stereocenters. The molecule has 0 saturated heterocycles. The Bertz CT molecular complexity index is 545. The largest absolute Gasteiger partial charge is 0.496 e. The third-order valence-electron chi connectivity index (χ3n) is 2.52. The molecule has 2 N–H and O–H groups in total. The van der Waals surface area contributed by atoms with Crippen molar-refractivity contribution < 1.29 is 9.53 Å². The van der Waals surface area contributed by atoms with E-state index in [2.05, 4.69) is 15.5 Å². The van der Waals surface area contributed by atoms with Gasteiger partial charge in [0.2, 0.25) is 0 Å². The van der Waals surface area contributed by atoms with Gasteiger partial charge in [-0.15, -0.1) is 11.3 Å². The lowest BCUT2D eigenvalue weighted by Gasteiger charge is -2.00. The summed E-state index contributed by atoms with van der Waals surface area (Å²) in [5, 5.41) is 11.4. The van der Waals surface area contributed by atoms with Crippen LogP contribution >= 0.6 is 11.3 Å². The Morgan fingerprint density at radius 3 is 2.82 bits per heavy atom. The lowest BCUT2D eigenvalue weighted by molar-refractivity contribution is 0.103. The molecular formula is C11H13N3O2S. The van der Waals surface area contributed by atoms with E-state index >= 15 is 0 Å². The molecule has 90 valence electrons. The van der Waals surface area contributed by atoms with Crippen molar-refractivity contribution in [3.8, 4) is 5.75 Å². The Morgan fingerprint density at radius 2 is 2.29 bits per heavy atom. The van der Waals surface area contributed by atoms with Crippen LogP contribution in [0.2, 0.25) is 0 Å². The number of carbonyl (C=O) groups excluding carboxylic acids is 1. The summed E-state index contributed by atoms with van der Waals surface area (Å²) in [6, 6.07) is 1.70. The van der Waals surface area contributed by atoms with Crippen molar-refractivity contribution in [1.82, 2.24) is 10.2 Å². The van der Waals surface area contributed by atoms with Gasteiger partial charge in [-0.3, -0.25) is 9.89 Å². The van der Waals surface area contributed by atoms with E-state index in [1.807, 2.05) is 13.8 Å². The van der Waals surface area contributed by atoms with Crippen molar-refractivity contribution in [1.29, 1.82) is 0 Å². The van der Waals surface area contributed by atoms with Gasteiger partial charge in [0.1, 0.15) is 5.75 Å². The number of ether oxygens (including phenoxy) is 1. The topological polar surface area (TPSA) is 67.0 Å². The summed E-state index contributed by atoms with van der Waals surface area (Å²) in [6.45, 7) is 3.82. The zero-order chi connectivity index (χ0) is 12.4. The molecule has 2 aromatic rings. The van der Waals surface area contributed by atoms with Crippen molar-refractivity contribution in [3.63, 3.8) is 0 Å². The molecule has 2 heterocycles. The maximum Gasteiger partial charge on any atom is 0.267 e. The number of rotatable bonds is 3. The summed E-state index contributed by atoms with van der Waals surface area (Å²) in [5.74, 6) is 1.09. The molecule has 17 heavy (non-hydrogen) atoms. The van der Waals surface area contributed by atoms with Gasteiger partial charge in [-0.1, -0.05) is 0 Å². The Labute approximate surface area is 103 Å². The summed E-state index contributed by atoms with van der Waals surface area (Å²) in [7, 11) is 1.57. The number of nitrogens with one attached hydrogen (secondary N) is 2. The van der Waals surface area contributed by atoms with Gasteiger partial charge in [0.15, 0.2) is 5.82 Å². The number of amides is 1. The summed E-state index contributed by atoms with van der Waals surface area (Å²) < 4.78 is 5.03. The van der Waals surface area contributed by atoms with Crippen LogP contribution < -0.4 is 10.1 Å². The predicted octanol–water partition coefficient (Wildman–Crippen LogP) is 2.35. The minimum Gasteiger partial charge on any atom is -0.496 e. The fraction of sp³-hybridized carbons (Fsp3) is 0.273. The van der Waals surface area contributed by atoms with Crippen LogP contribution in [-0.2, 0) is 0 Å². The molecule has 2 rings (SSSR count). The molecular weight excluding hydrogens is 238 g/mol. The first kappa shape index (κ1) is 11.7. The van der Waals surface area contributed by atoms with Crippen LogP contribution in [-0.4, -0.2) is 23.2 Å². The SMILES string of the molecule is COc1csc(C(=O)Nc2n[nH]c(C)c2C)c1. The third kappa shape index (κ3) is 2.31. The number of hydrogen-bond donors (Lipinski definition) is 2. The standard InChI is InChI=1S/C11H13N3O2S/c1-6-7(2)13-14-10(6)12-11(15)9-4-8(16-3)5-17-9/h4-5H,1-3H3,(H2,12,13,14,15). The fourth-order valence-electron chi connectivity index (χ4n) is 1.32. The van der Waals surface area contributed by atoms with Gasteiger partial charge >= 0.3 is 0 Å². The number of thiophene rings is 1. The third-order valence-corrected chi connectivity index (χ3v) is 3.43. The molecule has 0 aliphatic heterocycles. The van der Waals surface area contributed by atoms with Gasteiger partial charge in [0, 0.05) is 22.7 Å². The number of methoxy groups -OCH3 is 1. The van der Waals surface area contributed by atoms with Crippen molar-refractivity contribution in [2.75, 3.05) is 12.4 Å². The molecule has 0 radical (unpaired) electrons. The lowest BCUT2D eigenvalue weighted by Crippen LogP contribution is -2.11. The number of aryl methyl sites for hydroxylation is 1. The van der Waals surface area contributed by atoms with E-state index in [1.54, 1.807) is 18.6 Å². The van der Waals surface area contributed by atoms with Gasteiger partial charge in [-0.25, -0.2) is 0 Å². The first-order valence-corrected chi connectivity index (χ1v) is 5.95. The second-order valence-corrected chi connectivity index (χ2v) is 4.54. The van der Waals surface area contributed by atoms with E-state index in [9.17, 15) is 4.79 Å². The first-order valence-electron chi connectivity index (χ1n) is 5.07. The highest BCUT2D eigenvalue weighted by Gasteiger charge is 2.13. The van der Waals surface area contributed by atoms with Crippen molar-refractivity contribution in [2.24, 2.45) is 0 Å². The molecule has 0 bridgehead atoms. The Kier molecular flexibility index (Phi) is 3.14. The predicted molar refractivity (Wildman–Crippen MR) is 66.9 cm³/mol. The van der Waals surface area contributed by atoms with E-state index in [4.69, 9.17) is 4.74 Å². The number of H-pyrrole nitrogens is 1. The molecule has 0 aliphatic carbocycles. The molecule has 0 fully saturated rings. The van der Waals surface area contributed by atoms with Crippen molar-refractivity contribution in [3.05, 3.63) is 27.6 Å². The molecule has 0 aromatic carbocycles. The Balaban J connectivity index is 2.14. The number of hydrogen-bond acceptors (Lipinski definition) is 4. The quantitative estimate of drug-likeness (QED) is 0.880. The van der Waals surface area contributed by atoms with E-state index in [-0.39, 0.29) is 5.91 Å². The van der Waals surface area contributed by atoms with Crippen molar-refractivity contribution in [2.45, 2.75) is 13.8 Å². The second kappa shape index (κ2) is 4.58. The van der Waals surface area contributed by atoms with Crippen LogP contribution in [0, 0.1) is 13.8 Å². The maximum atomic E-state index is 11.9. The van der Waals surface area contributed by atoms with Crippen LogP contribution in [0.1, 0.15) is 20.9 Å². The van der Waals surface area contributed by atoms with E-state index in [1.165, 1.54) is 11.3 Å². The van der Waals surface area contributed by atoms with Crippen LogP contribution in [0.15, 0.2) is 11.4 Å². The van der Waals surface area contributed by atoms with Crippen LogP contribution in [0.5, 0.6) is 5.75 Å². The highest BCUT2D eigenvalue weighted by molar-refractivity contribution is 7.12. The molecule has 6 heteroatoms. The van der Waals surface area contributed by atoms with Gasteiger partial charge < -0.3 is 10.1 Å². The molecule has 2 aromatic heterocycles. The minimum atomic E-state index is -0.173. The molecule has 5 nitrogen and oxygen atoms in total. The highest BCUT2D eigenvalue weighted by Crippen LogP contribution is 2.22. The van der Waals surface area contributed by atoms with Crippen molar-refractivity contribution >= 4 is 23.1 Å². The van der Waals surface area contributed by atoms with E-state index < -0.39 is 0 Å². The number of nitrogens with zero attached hydrogens (tertiary/aromatic N) is 1. The summed E-state index contributed by atoms with van der Waals surface area (Å²) in [5.41, 5.74) is 1.89. The van der Waals surface area contributed by atoms with Crippen LogP contribution in [0.4, 0.5) is 5.82 Å². The average Bonchev–Trinajstić information content (AvgIpc) is 2.91. The molecule has 0 spiro atoms. The molecule has 0 aliphatic rings. The average molecular weight is 251 g/mol. The number of carbonyl (C=O) groups is 1. The summed E-state index contributed by atoms with van der Waals surface area (Å²) >= 11 is 1.34. The minimum absolute atomic E-state index is 0.173. The van der Waals surface area contributed by atoms with Gasteiger partial charge in [-0.2, -0.15) is 5.10 Å². The Morgan fingerprint density at radius 1 is 1.53 bits per heavy atom. The first-order chi connectivity index (χ1) is 8.11. The summed E-state index contributed by atoms with van der Waals surface area (Å²) in [4.78, 5) is 12.5. The smallest absolute Gasteiger partial charge is 0.267 e. The molecule has 0 atom stereocenters.